The van der Waals surface area contributed by atoms with Gasteiger partial charge in [-0.1, -0.05) is 39.0 Å². The molecule has 0 saturated heterocycles. The van der Waals surface area contributed by atoms with Crippen molar-refractivity contribution >= 4 is 58.4 Å². The first-order chi connectivity index (χ1) is 12.2. The standard InChI is InChI=1S/C17H24N4O2S3/c1-10(2)8-21(9-11(3)4)26(22,23)20-17-19-14-7-6-13-15(16(14)25-17)24-12(5)18-13/h6-7,10-11H,8-9H2,1-5H3,(H,19,20). The molecule has 6 nitrogen and oxygen atoms in total. The van der Waals surface area contributed by atoms with Gasteiger partial charge in [0.05, 0.1) is 25.4 Å². The van der Waals surface area contributed by atoms with E-state index in [4.69, 9.17) is 0 Å². The highest BCUT2D eigenvalue weighted by atomic mass is 32.2. The Labute approximate surface area is 162 Å². The average molecular weight is 413 g/mol. The molecular formula is C17H24N4O2S3. The van der Waals surface area contributed by atoms with Gasteiger partial charge in [0, 0.05) is 13.1 Å². The largest absolute Gasteiger partial charge is 0.303 e. The highest BCUT2D eigenvalue weighted by Gasteiger charge is 2.25. The normalized spacial score (nSPS) is 12.9. The van der Waals surface area contributed by atoms with Crippen LogP contribution in [0.3, 0.4) is 0 Å². The topological polar surface area (TPSA) is 75.2 Å². The van der Waals surface area contributed by atoms with E-state index in [2.05, 4.69) is 14.7 Å². The molecule has 0 aliphatic heterocycles. The molecule has 0 aliphatic rings. The van der Waals surface area contributed by atoms with Gasteiger partial charge < -0.3 is 0 Å². The van der Waals surface area contributed by atoms with Gasteiger partial charge in [0.1, 0.15) is 0 Å². The van der Waals surface area contributed by atoms with E-state index in [1.165, 1.54) is 15.6 Å². The van der Waals surface area contributed by atoms with Gasteiger partial charge in [-0.15, -0.1) is 11.3 Å². The second-order valence-corrected chi connectivity index (χ2v) is 11.1. The smallest absolute Gasteiger partial charge is 0.246 e. The van der Waals surface area contributed by atoms with Crippen molar-refractivity contribution in [2.24, 2.45) is 11.8 Å². The molecule has 3 aromatic rings. The molecule has 0 amide bonds. The quantitative estimate of drug-likeness (QED) is 0.620. The van der Waals surface area contributed by atoms with Gasteiger partial charge in [-0.05, 0) is 30.9 Å². The molecule has 0 fully saturated rings. The predicted molar refractivity (Wildman–Crippen MR) is 111 cm³/mol. The zero-order valence-corrected chi connectivity index (χ0v) is 18.1. The van der Waals surface area contributed by atoms with Gasteiger partial charge in [-0.3, -0.25) is 0 Å². The summed E-state index contributed by atoms with van der Waals surface area (Å²) >= 11 is 2.97. The molecule has 2 heterocycles. The number of aryl methyl sites for hydroxylation is 1. The Kier molecular flexibility index (Phi) is 5.53. The molecule has 0 spiro atoms. The van der Waals surface area contributed by atoms with Crippen molar-refractivity contribution in [1.29, 1.82) is 0 Å². The number of hydrogen-bond donors (Lipinski definition) is 1. The van der Waals surface area contributed by atoms with E-state index in [0.717, 1.165) is 25.4 Å². The number of thiazole rings is 2. The van der Waals surface area contributed by atoms with Crippen molar-refractivity contribution in [2.45, 2.75) is 34.6 Å². The van der Waals surface area contributed by atoms with Crippen molar-refractivity contribution < 1.29 is 8.42 Å². The van der Waals surface area contributed by atoms with Gasteiger partial charge in [-0.25, -0.2) is 14.7 Å². The van der Waals surface area contributed by atoms with Crippen molar-refractivity contribution in [3.05, 3.63) is 17.1 Å². The Balaban J connectivity index is 1.94. The van der Waals surface area contributed by atoms with Crippen LogP contribution in [0.15, 0.2) is 12.1 Å². The third-order valence-corrected chi connectivity index (χ3v) is 7.41. The Morgan fingerprint density at radius 1 is 1.00 bits per heavy atom. The van der Waals surface area contributed by atoms with Crippen LogP contribution < -0.4 is 4.72 Å². The summed E-state index contributed by atoms with van der Waals surface area (Å²) in [6.45, 7) is 11.0. The minimum absolute atomic E-state index is 0.250. The fourth-order valence-corrected chi connectivity index (χ4v) is 6.51. The number of anilines is 1. The lowest BCUT2D eigenvalue weighted by atomic mass is 10.2. The summed E-state index contributed by atoms with van der Waals surface area (Å²) in [6.07, 6.45) is 0. The molecule has 0 saturated carbocycles. The number of benzene rings is 1. The maximum atomic E-state index is 12.9. The van der Waals surface area contributed by atoms with Gasteiger partial charge in [0.2, 0.25) is 0 Å². The molecule has 1 aromatic carbocycles. The third kappa shape index (κ3) is 4.16. The maximum absolute atomic E-state index is 12.9. The summed E-state index contributed by atoms with van der Waals surface area (Å²) in [4.78, 5) is 8.97. The van der Waals surface area contributed by atoms with Crippen LogP contribution in [0, 0.1) is 18.8 Å². The first-order valence-corrected chi connectivity index (χ1v) is 11.7. The van der Waals surface area contributed by atoms with E-state index in [1.807, 2.05) is 46.8 Å². The van der Waals surface area contributed by atoms with Gasteiger partial charge >= 0.3 is 10.2 Å². The molecule has 0 radical (unpaired) electrons. The van der Waals surface area contributed by atoms with Crippen molar-refractivity contribution in [3.63, 3.8) is 0 Å². The summed E-state index contributed by atoms with van der Waals surface area (Å²) < 4.78 is 32.0. The van der Waals surface area contributed by atoms with E-state index in [-0.39, 0.29) is 11.8 Å². The first-order valence-electron chi connectivity index (χ1n) is 8.60. The van der Waals surface area contributed by atoms with Crippen molar-refractivity contribution in [1.82, 2.24) is 14.3 Å². The fourth-order valence-electron chi connectivity index (χ4n) is 2.79. The summed E-state index contributed by atoms with van der Waals surface area (Å²) in [6, 6.07) is 3.83. The van der Waals surface area contributed by atoms with Crippen LogP contribution in [0.2, 0.25) is 0 Å². The van der Waals surface area contributed by atoms with Crippen LogP contribution in [0.5, 0.6) is 0 Å². The number of rotatable bonds is 7. The summed E-state index contributed by atoms with van der Waals surface area (Å²) in [5.74, 6) is 0.501. The van der Waals surface area contributed by atoms with E-state index >= 15 is 0 Å². The van der Waals surface area contributed by atoms with Crippen LogP contribution in [-0.2, 0) is 10.2 Å². The number of fused-ring (bicyclic) bond motifs is 3. The molecule has 1 N–H and O–H groups in total. The van der Waals surface area contributed by atoms with Gasteiger partial charge in [-0.2, -0.15) is 12.7 Å². The van der Waals surface area contributed by atoms with Crippen LogP contribution >= 0.6 is 22.7 Å². The minimum atomic E-state index is -3.64. The van der Waals surface area contributed by atoms with E-state index in [0.29, 0.717) is 18.2 Å². The molecule has 0 unspecified atom stereocenters. The highest BCUT2D eigenvalue weighted by Crippen LogP contribution is 2.36. The zero-order valence-electron chi connectivity index (χ0n) is 15.6. The highest BCUT2D eigenvalue weighted by molar-refractivity contribution is 7.90. The molecule has 142 valence electrons. The van der Waals surface area contributed by atoms with Gasteiger partial charge in [0.15, 0.2) is 5.13 Å². The third-order valence-electron chi connectivity index (χ3n) is 3.71. The van der Waals surface area contributed by atoms with Crippen LogP contribution in [0.25, 0.3) is 20.4 Å². The van der Waals surface area contributed by atoms with E-state index in [9.17, 15) is 8.42 Å². The molecule has 9 heteroatoms. The molecule has 0 aliphatic carbocycles. The molecule has 2 aromatic heterocycles. The summed E-state index contributed by atoms with van der Waals surface area (Å²) in [7, 11) is -3.64. The maximum Gasteiger partial charge on any atom is 0.303 e. The van der Waals surface area contributed by atoms with E-state index in [1.54, 1.807) is 11.3 Å². The fraction of sp³-hybridized carbons (Fsp3) is 0.529. The van der Waals surface area contributed by atoms with Gasteiger partial charge in [0.25, 0.3) is 0 Å². The number of aromatic nitrogens is 2. The average Bonchev–Trinajstić information content (AvgIpc) is 3.06. The number of nitrogens with zero attached hydrogens (tertiary/aromatic N) is 3. The Morgan fingerprint density at radius 3 is 2.12 bits per heavy atom. The van der Waals surface area contributed by atoms with Crippen molar-refractivity contribution in [2.75, 3.05) is 17.8 Å². The molecular weight excluding hydrogens is 388 g/mol. The second-order valence-electron chi connectivity index (χ2n) is 7.23. The van der Waals surface area contributed by atoms with Crippen molar-refractivity contribution in [3.8, 4) is 0 Å². The monoisotopic (exact) mass is 412 g/mol. The molecule has 0 atom stereocenters. The Morgan fingerprint density at radius 2 is 1.54 bits per heavy atom. The molecule has 3 rings (SSSR count). The zero-order chi connectivity index (χ0) is 19.1. The Hall–Kier alpha value is -1.29. The van der Waals surface area contributed by atoms with Crippen LogP contribution in [0.1, 0.15) is 32.7 Å². The first kappa shape index (κ1) is 19.5. The summed E-state index contributed by atoms with van der Waals surface area (Å²) in [5.41, 5.74) is 1.72. The SMILES string of the molecule is Cc1nc2ccc3nc(NS(=O)(=O)N(CC(C)C)CC(C)C)sc3c2s1. The number of hydrogen-bond acceptors (Lipinski definition) is 6. The Bertz CT molecular complexity index is 1010. The lowest BCUT2D eigenvalue weighted by Crippen LogP contribution is -2.40. The van der Waals surface area contributed by atoms with Crippen LogP contribution in [-0.4, -0.2) is 35.8 Å². The molecule has 26 heavy (non-hydrogen) atoms. The predicted octanol–water partition coefficient (Wildman–Crippen LogP) is 4.49. The lowest BCUT2D eigenvalue weighted by Gasteiger charge is -2.25. The van der Waals surface area contributed by atoms with E-state index < -0.39 is 10.2 Å². The minimum Gasteiger partial charge on any atom is -0.246 e. The lowest BCUT2D eigenvalue weighted by molar-refractivity contribution is 0.335. The van der Waals surface area contributed by atoms with Crippen LogP contribution in [0.4, 0.5) is 5.13 Å². The summed E-state index contributed by atoms with van der Waals surface area (Å²) in [5, 5.41) is 1.39. The molecule has 0 bridgehead atoms. The number of nitrogens with one attached hydrogen (secondary N) is 1. The second kappa shape index (κ2) is 7.38.